The summed E-state index contributed by atoms with van der Waals surface area (Å²) in [6, 6.07) is 15.4. The van der Waals surface area contributed by atoms with Crippen LogP contribution in [0.1, 0.15) is 11.1 Å². The van der Waals surface area contributed by atoms with Crippen LogP contribution in [0.5, 0.6) is 5.75 Å². The van der Waals surface area contributed by atoms with Crippen molar-refractivity contribution in [1.82, 2.24) is 14.5 Å². The number of rotatable bonds is 7. The zero-order valence-corrected chi connectivity index (χ0v) is 19.7. The lowest BCUT2D eigenvalue weighted by Crippen LogP contribution is -2.27. The number of hydrogen-bond donors (Lipinski definition) is 2. The Morgan fingerprint density at radius 3 is 2.34 bits per heavy atom. The van der Waals surface area contributed by atoms with Gasteiger partial charge in [-0.1, -0.05) is 24.3 Å². The number of aromatic amines is 1. The van der Waals surface area contributed by atoms with E-state index in [1.54, 1.807) is 55.9 Å². The lowest BCUT2D eigenvalue weighted by atomic mass is 10.00. The number of methoxy groups -OCH3 is 1. The molecule has 0 radical (unpaired) electrons. The van der Waals surface area contributed by atoms with Crippen LogP contribution in [0.25, 0.3) is 29.0 Å². The molecular weight excluding hydrogens is 468 g/mol. The Kier molecular flexibility index (Phi) is 6.65. The highest BCUT2D eigenvalue weighted by Crippen LogP contribution is 2.36. The summed E-state index contributed by atoms with van der Waals surface area (Å²) >= 11 is 0. The second-order valence-corrected chi connectivity index (χ2v) is 9.41. The van der Waals surface area contributed by atoms with Crippen molar-refractivity contribution in [2.24, 2.45) is 0 Å². The van der Waals surface area contributed by atoms with Gasteiger partial charge in [0.2, 0.25) is 10.0 Å². The number of anilines is 1. The standard InChI is InChI=1S/C25H22N4O5S/c1-34-24-19(6-3-17-4-7-20(8-5-17)28-35(2,32)33)15-21(29-14-11-23(30)27-25(29)31)16-22(24)18-9-12-26-13-10-18/h3-16,28H,1-2H3,(H,27,30,31). The number of hydrogen-bond acceptors (Lipinski definition) is 6. The zero-order chi connectivity index (χ0) is 25.0. The van der Waals surface area contributed by atoms with Gasteiger partial charge < -0.3 is 4.74 Å². The van der Waals surface area contributed by atoms with Crippen molar-refractivity contribution in [2.45, 2.75) is 0 Å². The van der Waals surface area contributed by atoms with E-state index in [2.05, 4.69) is 14.7 Å². The van der Waals surface area contributed by atoms with Gasteiger partial charge in [-0.05, 0) is 47.5 Å². The maximum Gasteiger partial charge on any atom is 0.332 e. The molecule has 2 aromatic carbocycles. The highest BCUT2D eigenvalue weighted by Gasteiger charge is 2.14. The van der Waals surface area contributed by atoms with E-state index in [0.717, 1.165) is 22.9 Å². The monoisotopic (exact) mass is 490 g/mol. The van der Waals surface area contributed by atoms with Crippen molar-refractivity contribution in [3.05, 3.63) is 105 Å². The molecule has 0 saturated carbocycles. The van der Waals surface area contributed by atoms with Crippen LogP contribution in [-0.2, 0) is 10.0 Å². The summed E-state index contributed by atoms with van der Waals surface area (Å²) in [5, 5.41) is 0. The van der Waals surface area contributed by atoms with Crippen molar-refractivity contribution >= 4 is 27.9 Å². The van der Waals surface area contributed by atoms with Crippen LogP contribution in [0, 0.1) is 0 Å². The van der Waals surface area contributed by atoms with E-state index in [0.29, 0.717) is 22.7 Å². The van der Waals surface area contributed by atoms with Gasteiger partial charge >= 0.3 is 5.69 Å². The van der Waals surface area contributed by atoms with E-state index in [9.17, 15) is 18.0 Å². The number of pyridine rings is 1. The molecule has 2 heterocycles. The van der Waals surface area contributed by atoms with Gasteiger partial charge in [-0.15, -0.1) is 0 Å². The minimum Gasteiger partial charge on any atom is -0.495 e. The van der Waals surface area contributed by atoms with E-state index in [1.165, 1.54) is 16.8 Å². The number of ether oxygens (including phenoxy) is 1. The maximum absolute atomic E-state index is 12.5. The maximum atomic E-state index is 12.5. The minimum absolute atomic E-state index is 0.460. The van der Waals surface area contributed by atoms with Crippen LogP contribution in [0.2, 0.25) is 0 Å². The molecule has 0 unspecified atom stereocenters. The number of aromatic nitrogens is 3. The largest absolute Gasteiger partial charge is 0.495 e. The van der Waals surface area contributed by atoms with Gasteiger partial charge in [0.25, 0.3) is 5.56 Å². The number of sulfonamides is 1. The van der Waals surface area contributed by atoms with Gasteiger partial charge in [-0.2, -0.15) is 0 Å². The first kappa shape index (κ1) is 23.7. The van der Waals surface area contributed by atoms with Crippen LogP contribution in [0.4, 0.5) is 5.69 Å². The van der Waals surface area contributed by atoms with E-state index in [1.807, 2.05) is 24.3 Å². The van der Waals surface area contributed by atoms with Gasteiger partial charge in [-0.25, -0.2) is 13.2 Å². The van der Waals surface area contributed by atoms with Crippen LogP contribution in [-0.4, -0.2) is 36.3 Å². The Morgan fingerprint density at radius 2 is 1.71 bits per heavy atom. The molecule has 4 aromatic rings. The Balaban J connectivity index is 1.82. The first-order chi connectivity index (χ1) is 16.7. The van der Waals surface area contributed by atoms with Crippen molar-refractivity contribution < 1.29 is 13.2 Å². The van der Waals surface area contributed by atoms with E-state index in [4.69, 9.17) is 4.74 Å². The minimum atomic E-state index is -3.36. The first-order valence-electron chi connectivity index (χ1n) is 10.4. The summed E-state index contributed by atoms with van der Waals surface area (Å²) in [5.74, 6) is 0.587. The van der Waals surface area contributed by atoms with E-state index >= 15 is 0 Å². The van der Waals surface area contributed by atoms with E-state index in [-0.39, 0.29) is 0 Å². The van der Waals surface area contributed by atoms with E-state index < -0.39 is 21.3 Å². The average Bonchev–Trinajstić information content (AvgIpc) is 2.82. The predicted octanol–water partition coefficient (Wildman–Crippen LogP) is 3.14. The summed E-state index contributed by atoms with van der Waals surface area (Å²) in [6.07, 6.45) is 9.51. The molecule has 9 nitrogen and oxygen atoms in total. The molecule has 0 aliphatic carbocycles. The van der Waals surface area contributed by atoms with Crippen molar-refractivity contribution in [3.63, 3.8) is 0 Å². The molecule has 0 spiro atoms. The van der Waals surface area contributed by atoms with Gasteiger partial charge in [0.1, 0.15) is 5.75 Å². The molecule has 0 bridgehead atoms. The third-order valence-corrected chi connectivity index (χ3v) is 5.68. The number of H-pyrrole nitrogens is 1. The quantitative estimate of drug-likeness (QED) is 0.384. The van der Waals surface area contributed by atoms with Crippen molar-refractivity contribution in [1.29, 1.82) is 0 Å². The molecule has 2 N–H and O–H groups in total. The van der Waals surface area contributed by atoms with Crippen molar-refractivity contribution in [3.8, 4) is 22.6 Å². The first-order valence-corrected chi connectivity index (χ1v) is 12.3. The van der Waals surface area contributed by atoms with Crippen LogP contribution < -0.4 is 20.7 Å². The highest BCUT2D eigenvalue weighted by molar-refractivity contribution is 7.92. The lowest BCUT2D eigenvalue weighted by Gasteiger charge is -2.15. The topological polar surface area (TPSA) is 123 Å². The van der Waals surface area contributed by atoms with Crippen LogP contribution in [0.15, 0.2) is 82.8 Å². The molecule has 0 amide bonds. The number of nitrogens with zero attached hydrogens (tertiary/aromatic N) is 2. The van der Waals surface area contributed by atoms with Crippen molar-refractivity contribution in [2.75, 3.05) is 18.1 Å². The second kappa shape index (κ2) is 9.82. The molecule has 0 aliphatic heterocycles. The summed E-state index contributed by atoms with van der Waals surface area (Å²) in [4.78, 5) is 30.3. The summed E-state index contributed by atoms with van der Waals surface area (Å²) in [7, 11) is -1.80. The fourth-order valence-electron chi connectivity index (χ4n) is 3.55. The SMILES string of the molecule is COc1c(C=Cc2ccc(NS(C)(=O)=O)cc2)cc(-n2ccc(=O)[nH]c2=O)cc1-c1ccncc1. The summed E-state index contributed by atoms with van der Waals surface area (Å²) in [6.45, 7) is 0. The molecule has 178 valence electrons. The molecule has 0 aliphatic rings. The molecular formula is C25H22N4O5S. The third kappa shape index (κ3) is 5.74. The molecule has 0 atom stereocenters. The fraction of sp³-hybridized carbons (Fsp3) is 0.0800. The molecule has 10 heteroatoms. The molecule has 35 heavy (non-hydrogen) atoms. The summed E-state index contributed by atoms with van der Waals surface area (Å²) in [5.41, 5.74) is 3.03. The molecule has 2 aromatic heterocycles. The van der Waals surface area contributed by atoms with Gasteiger partial charge in [0, 0.05) is 41.5 Å². The smallest absolute Gasteiger partial charge is 0.332 e. The van der Waals surface area contributed by atoms with Gasteiger partial charge in [-0.3, -0.25) is 24.1 Å². The lowest BCUT2D eigenvalue weighted by molar-refractivity contribution is 0.415. The Bertz CT molecular complexity index is 1610. The average molecular weight is 491 g/mol. The normalized spacial score (nSPS) is 11.5. The summed E-state index contributed by atoms with van der Waals surface area (Å²) < 4.78 is 32.3. The number of benzene rings is 2. The highest BCUT2D eigenvalue weighted by atomic mass is 32.2. The Morgan fingerprint density at radius 1 is 1.00 bits per heavy atom. The second-order valence-electron chi connectivity index (χ2n) is 7.66. The molecule has 0 fully saturated rings. The third-order valence-electron chi connectivity index (χ3n) is 5.07. The Labute approximate surface area is 201 Å². The molecule has 0 saturated heterocycles. The van der Waals surface area contributed by atoms with Gasteiger partial charge in [0.15, 0.2) is 0 Å². The van der Waals surface area contributed by atoms with Crippen LogP contribution in [0.3, 0.4) is 0 Å². The Hall–Kier alpha value is -4.44. The number of nitrogens with one attached hydrogen (secondary N) is 2. The van der Waals surface area contributed by atoms with Gasteiger partial charge in [0.05, 0.1) is 19.1 Å². The zero-order valence-electron chi connectivity index (χ0n) is 18.9. The fourth-order valence-corrected chi connectivity index (χ4v) is 4.12. The molecule has 4 rings (SSSR count). The van der Waals surface area contributed by atoms with Crippen LogP contribution >= 0.6 is 0 Å². The predicted molar refractivity (Wildman–Crippen MR) is 136 cm³/mol.